The van der Waals surface area contributed by atoms with Crippen LogP contribution in [0.5, 0.6) is 5.75 Å². The van der Waals surface area contributed by atoms with E-state index in [1.807, 2.05) is 0 Å². The number of rotatable bonds is 4. The number of alkyl halides is 4. The lowest BCUT2D eigenvalue weighted by molar-refractivity contribution is -0.274. The summed E-state index contributed by atoms with van der Waals surface area (Å²) in [7, 11) is 0. The summed E-state index contributed by atoms with van der Waals surface area (Å²) in [5.74, 6) is -3.03. The van der Waals surface area contributed by atoms with Gasteiger partial charge in [-0.3, -0.25) is 4.79 Å². The van der Waals surface area contributed by atoms with Gasteiger partial charge in [0.1, 0.15) is 6.67 Å². The molecule has 0 atom stereocenters. The van der Waals surface area contributed by atoms with E-state index in [4.69, 9.17) is 10.8 Å². The molecule has 0 aliphatic rings. The summed E-state index contributed by atoms with van der Waals surface area (Å²) in [5, 5.41) is 8.55. The van der Waals surface area contributed by atoms with Gasteiger partial charge in [-0.2, -0.15) is 0 Å². The number of nitrogen functional groups attached to an aromatic ring is 1. The van der Waals surface area contributed by atoms with E-state index in [9.17, 15) is 22.4 Å². The molecule has 0 unspecified atom stereocenters. The number of hydrogen-bond donors (Lipinski definition) is 2. The van der Waals surface area contributed by atoms with E-state index < -0.39 is 37.0 Å². The van der Waals surface area contributed by atoms with Crippen molar-refractivity contribution >= 4 is 11.8 Å². The summed E-state index contributed by atoms with van der Waals surface area (Å²) in [6, 6.07) is 0.867. The predicted molar refractivity (Wildman–Crippen MR) is 51.5 cm³/mol. The molecular weight excluding hydrogens is 260 g/mol. The zero-order chi connectivity index (χ0) is 13.9. The Morgan fingerprint density at radius 3 is 2.56 bits per heavy atom. The number of carboxylic acid groups (broad SMARTS) is 1. The third-order valence-electron chi connectivity index (χ3n) is 1.83. The fourth-order valence-electron chi connectivity index (χ4n) is 1.27. The van der Waals surface area contributed by atoms with E-state index in [0.29, 0.717) is 0 Å². The van der Waals surface area contributed by atoms with Crippen molar-refractivity contribution in [3.8, 4) is 5.75 Å². The zero-order valence-corrected chi connectivity index (χ0v) is 8.79. The monoisotopic (exact) mass is 268 g/mol. The molecule has 1 rings (SSSR count). The molecule has 5 nitrogen and oxygen atoms in total. The number of aromatic nitrogens is 1. The molecule has 0 saturated heterocycles. The van der Waals surface area contributed by atoms with Crippen molar-refractivity contribution in [3.63, 3.8) is 0 Å². The first-order valence-corrected chi connectivity index (χ1v) is 4.54. The van der Waals surface area contributed by atoms with Gasteiger partial charge in [-0.15, -0.1) is 13.2 Å². The molecular formula is C9H8F4N2O3. The smallest absolute Gasteiger partial charge is 0.481 e. The van der Waals surface area contributed by atoms with Crippen LogP contribution in [0.2, 0.25) is 0 Å². The van der Waals surface area contributed by atoms with Gasteiger partial charge >= 0.3 is 12.3 Å². The maximum Gasteiger partial charge on any atom is 0.573 e. The summed E-state index contributed by atoms with van der Waals surface area (Å²) in [4.78, 5) is 13.8. The van der Waals surface area contributed by atoms with Crippen molar-refractivity contribution in [2.75, 3.05) is 5.73 Å². The molecule has 0 aromatic carbocycles. The van der Waals surface area contributed by atoms with E-state index >= 15 is 0 Å². The maximum absolute atomic E-state index is 12.4. The fraction of sp³-hybridized carbons (Fsp3) is 0.333. The Morgan fingerprint density at radius 2 is 2.11 bits per heavy atom. The first-order chi connectivity index (χ1) is 8.23. The summed E-state index contributed by atoms with van der Waals surface area (Å²) in [6.45, 7) is -1.08. The van der Waals surface area contributed by atoms with Crippen LogP contribution in [-0.2, 0) is 17.9 Å². The van der Waals surface area contributed by atoms with E-state index in [1.54, 1.807) is 0 Å². The highest BCUT2D eigenvalue weighted by Gasteiger charge is 2.34. The van der Waals surface area contributed by atoms with Crippen LogP contribution in [0, 0.1) is 0 Å². The van der Waals surface area contributed by atoms with Gasteiger partial charge in [0.2, 0.25) is 0 Å². The Kier molecular flexibility index (Phi) is 3.94. The van der Waals surface area contributed by atoms with E-state index in [0.717, 1.165) is 6.07 Å². The van der Waals surface area contributed by atoms with Crippen LogP contribution in [-0.4, -0.2) is 22.4 Å². The fourth-order valence-corrected chi connectivity index (χ4v) is 1.27. The normalized spacial score (nSPS) is 11.3. The number of carboxylic acids is 1. The molecule has 0 saturated carbocycles. The Morgan fingerprint density at radius 1 is 1.50 bits per heavy atom. The number of nitrogens with two attached hydrogens (primary N) is 1. The molecule has 0 amide bonds. The maximum atomic E-state index is 12.4. The SMILES string of the molecule is Nc1nc(CF)cc(CC(=O)O)c1OC(F)(F)F. The van der Waals surface area contributed by atoms with Gasteiger partial charge in [-0.1, -0.05) is 0 Å². The van der Waals surface area contributed by atoms with Crippen molar-refractivity contribution in [1.29, 1.82) is 0 Å². The molecule has 0 radical (unpaired) electrons. The molecule has 9 heteroatoms. The molecule has 0 aliphatic carbocycles. The summed E-state index contributed by atoms with van der Waals surface area (Å²) >= 11 is 0. The number of anilines is 1. The lowest BCUT2D eigenvalue weighted by atomic mass is 10.1. The number of carbonyl (C=O) groups is 1. The second-order valence-electron chi connectivity index (χ2n) is 3.24. The Labute approximate surface area is 98.2 Å². The van der Waals surface area contributed by atoms with Gasteiger partial charge in [0.15, 0.2) is 11.6 Å². The lowest BCUT2D eigenvalue weighted by Gasteiger charge is -2.14. The molecule has 18 heavy (non-hydrogen) atoms. The Balaban J connectivity index is 3.24. The van der Waals surface area contributed by atoms with Crippen LogP contribution in [0.1, 0.15) is 11.3 Å². The van der Waals surface area contributed by atoms with Gasteiger partial charge < -0.3 is 15.6 Å². The van der Waals surface area contributed by atoms with Crippen molar-refractivity contribution < 1.29 is 32.2 Å². The molecule has 0 bridgehead atoms. The molecule has 0 spiro atoms. The summed E-state index contributed by atoms with van der Waals surface area (Å²) in [5.41, 5.74) is 4.53. The van der Waals surface area contributed by atoms with Crippen LogP contribution in [0.3, 0.4) is 0 Å². The Bertz CT molecular complexity index is 462. The third-order valence-corrected chi connectivity index (χ3v) is 1.83. The molecule has 1 aromatic heterocycles. The molecule has 100 valence electrons. The zero-order valence-electron chi connectivity index (χ0n) is 8.79. The summed E-state index contributed by atoms with van der Waals surface area (Å²) < 4.78 is 52.2. The molecule has 1 heterocycles. The van der Waals surface area contributed by atoms with Gasteiger partial charge in [0, 0.05) is 5.56 Å². The van der Waals surface area contributed by atoms with Gasteiger partial charge in [-0.25, -0.2) is 9.37 Å². The number of ether oxygens (including phenoxy) is 1. The highest BCUT2D eigenvalue weighted by Crippen LogP contribution is 2.32. The topological polar surface area (TPSA) is 85.4 Å². The quantitative estimate of drug-likeness (QED) is 0.811. The van der Waals surface area contributed by atoms with E-state index in [-0.39, 0.29) is 11.3 Å². The van der Waals surface area contributed by atoms with Gasteiger partial charge in [-0.05, 0) is 6.07 Å². The third kappa shape index (κ3) is 3.75. The minimum absolute atomic E-state index is 0.265. The average Bonchev–Trinajstić information content (AvgIpc) is 2.20. The van der Waals surface area contributed by atoms with E-state index in [2.05, 4.69) is 9.72 Å². The average molecular weight is 268 g/mol. The van der Waals surface area contributed by atoms with E-state index in [1.165, 1.54) is 0 Å². The first-order valence-electron chi connectivity index (χ1n) is 4.54. The van der Waals surface area contributed by atoms with Gasteiger partial charge in [0.25, 0.3) is 0 Å². The lowest BCUT2D eigenvalue weighted by Crippen LogP contribution is -2.20. The van der Waals surface area contributed by atoms with Gasteiger partial charge in [0.05, 0.1) is 12.1 Å². The summed E-state index contributed by atoms with van der Waals surface area (Å²) in [6.07, 6.45) is -5.83. The molecule has 0 aliphatic heterocycles. The second-order valence-corrected chi connectivity index (χ2v) is 3.24. The largest absolute Gasteiger partial charge is 0.573 e. The minimum Gasteiger partial charge on any atom is -0.481 e. The van der Waals surface area contributed by atoms with Crippen molar-refractivity contribution in [3.05, 3.63) is 17.3 Å². The van der Waals surface area contributed by atoms with Crippen LogP contribution >= 0.6 is 0 Å². The molecule has 3 N–H and O–H groups in total. The number of hydrogen-bond acceptors (Lipinski definition) is 4. The predicted octanol–water partition coefficient (Wildman–Crippen LogP) is 1.66. The second kappa shape index (κ2) is 5.07. The molecule has 0 fully saturated rings. The first kappa shape index (κ1) is 14.0. The van der Waals surface area contributed by atoms with Crippen LogP contribution in [0.15, 0.2) is 6.07 Å². The van der Waals surface area contributed by atoms with Crippen molar-refractivity contribution in [2.24, 2.45) is 0 Å². The molecule has 1 aromatic rings. The highest BCUT2D eigenvalue weighted by atomic mass is 19.4. The number of halogens is 4. The number of nitrogens with zero attached hydrogens (tertiary/aromatic N) is 1. The number of pyridine rings is 1. The minimum atomic E-state index is -5.04. The van der Waals surface area contributed by atoms with Crippen molar-refractivity contribution in [2.45, 2.75) is 19.5 Å². The Hall–Kier alpha value is -2.06. The standard InChI is InChI=1S/C9H8F4N2O3/c10-3-5-1-4(2-6(16)17)7(8(14)15-5)18-9(11,12)13/h1H,2-3H2,(H2,14,15)(H,16,17). The van der Waals surface area contributed by atoms with Crippen LogP contribution < -0.4 is 10.5 Å². The number of aliphatic carboxylic acids is 1. The van der Waals surface area contributed by atoms with Crippen molar-refractivity contribution in [1.82, 2.24) is 4.98 Å². The van der Waals surface area contributed by atoms with Crippen LogP contribution in [0.25, 0.3) is 0 Å². The van der Waals surface area contributed by atoms with Crippen LogP contribution in [0.4, 0.5) is 23.4 Å². The highest BCUT2D eigenvalue weighted by molar-refractivity contribution is 5.72.